The molecule has 0 aromatic heterocycles. The molecule has 18 heavy (non-hydrogen) atoms. The summed E-state index contributed by atoms with van der Waals surface area (Å²) in [6, 6.07) is 0.720. The van der Waals surface area contributed by atoms with Crippen molar-refractivity contribution in [1.82, 2.24) is 4.90 Å². The van der Waals surface area contributed by atoms with Gasteiger partial charge in [0.2, 0.25) is 0 Å². The minimum atomic E-state index is -0.221. The molecule has 0 fully saturated rings. The highest BCUT2D eigenvalue weighted by molar-refractivity contribution is 5.03. The van der Waals surface area contributed by atoms with Crippen LogP contribution in [0.1, 0.15) is 52.4 Å². The lowest BCUT2D eigenvalue weighted by Gasteiger charge is -2.38. The molecule has 4 atom stereocenters. The van der Waals surface area contributed by atoms with Gasteiger partial charge in [-0.15, -0.1) is 0 Å². The molecule has 0 aliphatic carbocycles. The van der Waals surface area contributed by atoms with Gasteiger partial charge in [0.1, 0.15) is 0 Å². The van der Waals surface area contributed by atoms with E-state index in [1.807, 2.05) is 6.92 Å². The number of aliphatic hydroxyl groups is 2. The number of rotatable bonds is 7. The van der Waals surface area contributed by atoms with Crippen molar-refractivity contribution >= 4 is 0 Å². The average Bonchev–Trinajstić information content (AvgIpc) is 2.34. The highest BCUT2D eigenvalue weighted by Crippen LogP contribution is 2.23. The average molecular weight is 255 g/mol. The Morgan fingerprint density at radius 2 is 1.94 bits per heavy atom. The molecule has 0 amide bonds. The number of nitrogens with zero attached hydrogens (tertiary/aromatic N) is 1. The minimum absolute atomic E-state index is 0.189. The molecule has 0 radical (unpaired) electrons. The van der Waals surface area contributed by atoms with Gasteiger partial charge in [0.15, 0.2) is 0 Å². The summed E-state index contributed by atoms with van der Waals surface area (Å²) in [6.45, 7) is 4.12. The number of aliphatic hydroxyl groups excluding tert-OH is 2. The molecular weight excluding hydrogens is 226 g/mol. The number of hydrogen-bond donors (Lipinski definition) is 2. The van der Waals surface area contributed by atoms with E-state index >= 15 is 0 Å². The summed E-state index contributed by atoms with van der Waals surface area (Å²) in [7, 11) is 2.11. The van der Waals surface area contributed by atoms with Crippen LogP contribution in [-0.2, 0) is 0 Å². The van der Waals surface area contributed by atoms with Gasteiger partial charge in [-0.1, -0.05) is 32.4 Å². The molecule has 0 saturated heterocycles. The highest BCUT2D eigenvalue weighted by Gasteiger charge is 2.26. The lowest BCUT2D eigenvalue weighted by Crippen LogP contribution is -2.44. The van der Waals surface area contributed by atoms with Gasteiger partial charge in [0.25, 0.3) is 0 Å². The predicted molar refractivity (Wildman–Crippen MR) is 75.5 cm³/mol. The molecule has 0 unspecified atom stereocenters. The van der Waals surface area contributed by atoms with Crippen LogP contribution < -0.4 is 0 Å². The van der Waals surface area contributed by atoms with Crippen LogP contribution in [0, 0.1) is 0 Å². The second-order valence-electron chi connectivity index (χ2n) is 5.53. The molecule has 0 spiro atoms. The van der Waals surface area contributed by atoms with Crippen molar-refractivity contribution in [2.75, 3.05) is 7.05 Å². The van der Waals surface area contributed by atoms with Gasteiger partial charge in [0.05, 0.1) is 12.2 Å². The maximum atomic E-state index is 9.93. The molecule has 0 aromatic rings. The zero-order valence-electron chi connectivity index (χ0n) is 12.0. The summed E-state index contributed by atoms with van der Waals surface area (Å²) in [4.78, 5) is 2.32. The zero-order chi connectivity index (χ0) is 13.5. The van der Waals surface area contributed by atoms with E-state index in [9.17, 15) is 10.2 Å². The van der Waals surface area contributed by atoms with E-state index in [2.05, 4.69) is 31.0 Å². The molecule has 1 aliphatic heterocycles. The van der Waals surface area contributed by atoms with Crippen LogP contribution >= 0.6 is 0 Å². The van der Waals surface area contributed by atoms with E-state index < -0.39 is 0 Å². The Balaban J connectivity index is 2.49. The first-order valence-electron chi connectivity index (χ1n) is 7.33. The molecule has 1 rings (SSSR count). The van der Waals surface area contributed by atoms with Gasteiger partial charge in [0, 0.05) is 12.1 Å². The van der Waals surface area contributed by atoms with Crippen molar-refractivity contribution in [3.63, 3.8) is 0 Å². The Kier molecular flexibility index (Phi) is 6.90. The summed E-state index contributed by atoms with van der Waals surface area (Å²) >= 11 is 0. The molecule has 3 nitrogen and oxygen atoms in total. The minimum Gasteiger partial charge on any atom is -0.393 e. The first-order valence-corrected chi connectivity index (χ1v) is 7.33. The molecule has 2 N–H and O–H groups in total. The Morgan fingerprint density at radius 3 is 2.56 bits per heavy atom. The fourth-order valence-corrected chi connectivity index (χ4v) is 2.68. The third-order valence-corrected chi connectivity index (χ3v) is 4.02. The van der Waals surface area contributed by atoms with E-state index in [0.29, 0.717) is 12.1 Å². The first-order chi connectivity index (χ1) is 8.58. The van der Waals surface area contributed by atoms with Crippen LogP contribution in [0.2, 0.25) is 0 Å². The van der Waals surface area contributed by atoms with Crippen molar-refractivity contribution in [2.45, 2.75) is 76.7 Å². The van der Waals surface area contributed by atoms with Gasteiger partial charge in [-0.05, 0) is 39.2 Å². The molecule has 106 valence electrons. The highest BCUT2D eigenvalue weighted by atomic mass is 16.3. The first kappa shape index (κ1) is 15.7. The maximum Gasteiger partial charge on any atom is 0.0555 e. The van der Waals surface area contributed by atoms with Gasteiger partial charge in [-0.3, -0.25) is 4.90 Å². The Bertz CT molecular complexity index is 255. The molecule has 0 bridgehead atoms. The fourth-order valence-electron chi connectivity index (χ4n) is 2.68. The third kappa shape index (κ3) is 4.71. The number of hydrogen-bond acceptors (Lipinski definition) is 3. The molecule has 3 heteroatoms. The fraction of sp³-hybridized carbons (Fsp3) is 0.867. The summed E-state index contributed by atoms with van der Waals surface area (Å²) in [5.74, 6) is 0. The van der Waals surface area contributed by atoms with Crippen LogP contribution in [0.3, 0.4) is 0 Å². The van der Waals surface area contributed by atoms with Crippen LogP contribution in [0.15, 0.2) is 12.2 Å². The van der Waals surface area contributed by atoms with E-state index in [1.54, 1.807) is 0 Å². The van der Waals surface area contributed by atoms with E-state index in [0.717, 1.165) is 38.5 Å². The maximum absolute atomic E-state index is 9.93. The smallest absolute Gasteiger partial charge is 0.0555 e. The van der Waals surface area contributed by atoms with Gasteiger partial charge in [-0.2, -0.15) is 0 Å². The van der Waals surface area contributed by atoms with Crippen LogP contribution in [0.5, 0.6) is 0 Å². The largest absolute Gasteiger partial charge is 0.393 e. The molecule has 0 saturated carbocycles. The Morgan fingerprint density at radius 1 is 1.22 bits per heavy atom. The second-order valence-corrected chi connectivity index (χ2v) is 5.53. The molecule has 0 aromatic carbocycles. The molecule has 1 aliphatic rings. The van der Waals surface area contributed by atoms with Crippen molar-refractivity contribution < 1.29 is 10.2 Å². The second kappa shape index (κ2) is 7.93. The van der Waals surface area contributed by atoms with E-state index in [4.69, 9.17) is 0 Å². The predicted octanol–water partition coefficient (Wildman–Crippen LogP) is 2.33. The standard InChI is InChI=1S/C15H29NO2/c1-4-7-15(18)11-13-9-6-8-12(16(13)3)10-14(17)5-2/h6,8,12-15,17-18H,4-5,7,9-11H2,1-3H3/t12-,13-,14-,15-/m0/s1. The molecular formula is C15H29NO2. The normalized spacial score (nSPS) is 28.3. The monoisotopic (exact) mass is 255 g/mol. The van der Waals surface area contributed by atoms with Crippen molar-refractivity contribution in [2.24, 2.45) is 0 Å². The van der Waals surface area contributed by atoms with Crippen LogP contribution in [0.25, 0.3) is 0 Å². The van der Waals surface area contributed by atoms with Crippen molar-refractivity contribution in [3.8, 4) is 0 Å². The van der Waals surface area contributed by atoms with Gasteiger partial charge in [-0.25, -0.2) is 0 Å². The lowest BCUT2D eigenvalue weighted by atomic mass is 9.94. The Labute approximate surface area is 112 Å². The summed E-state index contributed by atoms with van der Waals surface area (Å²) in [6.07, 6.45) is 9.36. The van der Waals surface area contributed by atoms with Crippen molar-refractivity contribution in [3.05, 3.63) is 12.2 Å². The molecule has 1 heterocycles. The summed E-state index contributed by atoms with van der Waals surface area (Å²) in [5, 5.41) is 19.7. The van der Waals surface area contributed by atoms with E-state index in [1.165, 1.54) is 0 Å². The zero-order valence-corrected chi connectivity index (χ0v) is 12.0. The van der Waals surface area contributed by atoms with Crippen molar-refractivity contribution in [1.29, 1.82) is 0 Å². The third-order valence-electron chi connectivity index (χ3n) is 4.02. The lowest BCUT2D eigenvalue weighted by molar-refractivity contribution is 0.0699. The SMILES string of the molecule is CCC[C@H](O)C[C@@H]1CC=C[C@@H](C[C@@H](O)CC)N1C. The summed E-state index contributed by atoms with van der Waals surface area (Å²) < 4.78 is 0. The van der Waals surface area contributed by atoms with E-state index in [-0.39, 0.29) is 12.2 Å². The van der Waals surface area contributed by atoms with Crippen LogP contribution in [0.4, 0.5) is 0 Å². The van der Waals surface area contributed by atoms with Gasteiger partial charge >= 0.3 is 0 Å². The van der Waals surface area contributed by atoms with Gasteiger partial charge < -0.3 is 10.2 Å². The summed E-state index contributed by atoms with van der Waals surface area (Å²) in [5.41, 5.74) is 0. The Hall–Kier alpha value is -0.380. The quantitative estimate of drug-likeness (QED) is 0.686. The van der Waals surface area contributed by atoms with Crippen LogP contribution in [-0.4, -0.2) is 46.5 Å². The topological polar surface area (TPSA) is 43.7 Å². The number of likely N-dealkylation sites (N-methyl/N-ethyl adjacent to an activating group) is 1.